The molecule has 2 aromatic rings. The minimum absolute atomic E-state index is 0.143. The maximum atomic E-state index is 13.2. The minimum atomic E-state index is -3.78. The average Bonchev–Trinajstić information content (AvgIpc) is 3.18. The van der Waals surface area contributed by atoms with Gasteiger partial charge < -0.3 is 10.1 Å². The van der Waals surface area contributed by atoms with Crippen LogP contribution in [0.25, 0.3) is 0 Å². The maximum Gasteiger partial charge on any atom is 0.243 e. The van der Waals surface area contributed by atoms with Crippen LogP contribution < -0.4 is 10.1 Å². The number of nitrogens with zero attached hydrogens (tertiary/aromatic N) is 1. The fourth-order valence-electron chi connectivity index (χ4n) is 4.23. The predicted octanol–water partition coefficient (Wildman–Crippen LogP) is 3.91. The molecule has 0 radical (unpaired) electrons. The molecule has 1 N–H and O–H groups in total. The molecule has 0 bridgehead atoms. The Bertz CT molecular complexity index is 1050. The van der Waals surface area contributed by atoms with Gasteiger partial charge in [-0.1, -0.05) is 29.8 Å². The largest absolute Gasteiger partial charge is 0.487 e. The van der Waals surface area contributed by atoms with Gasteiger partial charge in [-0.25, -0.2) is 8.42 Å². The lowest BCUT2D eigenvalue weighted by Crippen LogP contribution is -2.49. The van der Waals surface area contributed by atoms with Gasteiger partial charge in [-0.15, -0.1) is 0 Å². The molecule has 2 unspecified atom stereocenters. The zero-order valence-electron chi connectivity index (χ0n) is 17.0. The Labute approximate surface area is 182 Å². The van der Waals surface area contributed by atoms with E-state index < -0.39 is 21.7 Å². The van der Waals surface area contributed by atoms with E-state index in [1.165, 1.54) is 16.4 Å². The van der Waals surface area contributed by atoms with Gasteiger partial charge in [0, 0.05) is 23.6 Å². The molecule has 2 heterocycles. The summed E-state index contributed by atoms with van der Waals surface area (Å²) < 4.78 is 33.6. The van der Waals surface area contributed by atoms with Crippen LogP contribution in [0.2, 0.25) is 5.02 Å². The van der Waals surface area contributed by atoms with Crippen molar-refractivity contribution in [3.05, 3.63) is 59.1 Å². The first-order valence-electron chi connectivity index (χ1n) is 10.0. The fraction of sp³-hybridized carbons (Fsp3) is 0.409. The third-order valence-corrected chi connectivity index (χ3v) is 7.79. The first-order chi connectivity index (χ1) is 14.2. The zero-order chi connectivity index (χ0) is 21.5. The highest BCUT2D eigenvalue weighted by Gasteiger charge is 2.41. The molecule has 2 aromatic carbocycles. The number of hydrogen-bond donors (Lipinski definition) is 1. The van der Waals surface area contributed by atoms with E-state index >= 15 is 0 Å². The van der Waals surface area contributed by atoms with E-state index in [0.717, 1.165) is 11.3 Å². The minimum Gasteiger partial charge on any atom is -0.487 e. The number of amides is 1. The molecule has 8 heteroatoms. The average molecular weight is 449 g/mol. The van der Waals surface area contributed by atoms with E-state index in [1.54, 1.807) is 12.1 Å². The molecule has 1 saturated heterocycles. The van der Waals surface area contributed by atoms with E-state index in [9.17, 15) is 13.2 Å². The summed E-state index contributed by atoms with van der Waals surface area (Å²) >= 11 is 5.89. The molecule has 0 spiro atoms. The van der Waals surface area contributed by atoms with E-state index in [2.05, 4.69) is 5.32 Å². The molecule has 30 heavy (non-hydrogen) atoms. The van der Waals surface area contributed by atoms with E-state index in [0.29, 0.717) is 30.8 Å². The van der Waals surface area contributed by atoms with Crippen molar-refractivity contribution in [2.24, 2.45) is 0 Å². The summed E-state index contributed by atoms with van der Waals surface area (Å²) in [5.41, 5.74) is 0.479. The third-order valence-electron chi connectivity index (χ3n) is 5.62. The molecule has 4 rings (SSSR count). The number of benzene rings is 2. The van der Waals surface area contributed by atoms with Gasteiger partial charge in [0.15, 0.2) is 0 Å². The van der Waals surface area contributed by atoms with Gasteiger partial charge in [0.25, 0.3) is 0 Å². The summed E-state index contributed by atoms with van der Waals surface area (Å²) in [5.74, 6) is 0.471. The van der Waals surface area contributed by atoms with E-state index in [1.807, 2.05) is 38.1 Å². The van der Waals surface area contributed by atoms with E-state index in [-0.39, 0.29) is 16.8 Å². The lowest BCUT2D eigenvalue weighted by atomic mass is 9.89. The number of carbonyl (C=O) groups is 1. The van der Waals surface area contributed by atoms with Crippen LogP contribution in [0.1, 0.15) is 44.7 Å². The van der Waals surface area contributed by atoms with Crippen molar-refractivity contribution in [1.82, 2.24) is 9.62 Å². The lowest BCUT2D eigenvalue weighted by Gasteiger charge is -2.38. The van der Waals surface area contributed by atoms with Crippen LogP contribution in [-0.4, -0.2) is 36.8 Å². The van der Waals surface area contributed by atoms with Crippen molar-refractivity contribution >= 4 is 27.5 Å². The summed E-state index contributed by atoms with van der Waals surface area (Å²) in [6.07, 6.45) is 1.74. The molecule has 0 saturated carbocycles. The number of nitrogens with one attached hydrogen (secondary N) is 1. The number of hydrogen-bond acceptors (Lipinski definition) is 4. The van der Waals surface area contributed by atoms with Crippen molar-refractivity contribution in [1.29, 1.82) is 0 Å². The van der Waals surface area contributed by atoms with E-state index in [4.69, 9.17) is 16.3 Å². The topological polar surface area (TPSA) is 75.7 Å². The van der Waals surface area contributed by atoms with Gasteiger partial charge in [0.05, 0.1) is 10.9 Å². The maximum absolute atomic E-state index is 13.2. The smallest absolute Gasteiger partial charge is 0.243 e. The number of fused-ring (bicyclic) bond motifs is 1. The molecule has 6 nitrogen and oxygen atoms in total. The monoisotopic (exact) mass is 448 g/mol. The van der Waals surface area contributed by atoms with Crippen molar-refractivity contribution < 1.29 is 17.9 Å². The van der Waals surface area contributed by atoms with Crippen LogP contribution in [0.4, 0.5) is 0 Å². The first kappa shape index (κ1) is 21.2. The van der Waals surface area contributed by atoms with Gasteiger partial charge >= 0.3 is 0 Å². The number of para-hydroxylation sites is 1. The molecule has 2 aliphatic rings. The van der Waals surface area contributed by atoms with Crippen LogP contribution in [-0.2, 0) is 14.8 Å². The summed E-state index contributed by atoms with van der Waals surface area (Å²) in [5, 5.41) is 3.55. The third kappa shape index (κ3) is 4.06. The Morgan fingerprint density at radius 3 is 2.60 bits per heavy atom. The Balaban J connectivity index is 1.57. The molecular weight excluding hydrogens is 424 g/mol. The SMILES string of the molecule is CC1(C)CC(NC(=O)C2CCCN2S(=O)(=O)c2ccc(Cl)cc2)c2ccccc2O1. The number of carbonyl (C=O) groups excluding carboxylic acids is 1. The van der Waals surface area contributed by atoms with Gasteiger partial charge in [0.2, 0.25) is 15.9 Å². The van der Waals surface area contributed by atoms with Crippen LogP contribution in [0.15, 0.2) is 53.4 Å². The molecule has 1 amide bonds. The quantitative estimate of drug-likeness (QED) is 0.769. The normalized spacial score (nSPS) is 23.4. The van der Waals surface area contributed by atoms with Crippen molar-refractivity contribution in [2.45, 2.75) is 55.7 Å². The highest BCUT2D eigenvalue weighted by molar-refractivity contribution is 7.89. The summed E-state index contributed by atoms with van der Waals surface area (Å²) in [4.78, 5) is 13.3. The van der Waals surface area contributed by atoms with Gasteiger partial charge in [0.1, 0.15) is 17.4 Å². The lowest BCUT2D eigenvalue weighted by molar-refractivity contribution is -0.125. The second kappa shape index (κ2) is 7.87. The summed E-state index contributed by atoms with van der Waals surface area (Å²) in [6, 6.07) is 12.7. The molecule has 1 fully saturated rings. The molecule has 2 aliphatic heterocycles. The zero-order valence-corrected chi connectivity index (χ0v) is 18.5. The number of rotatable bonds is 4. The van der Waals surface area contributed by atoms with Gasteiger partial charge in [-0.3, -0.25) is 4.79 Å². The van der Waals surface area contributed by atoms with Crippen LogP contribution in [0.3, 0.4) is 0 Å². The summed E-state index contributed by atoms with van der Waals surface area (Å²) in [6.45, 7) is 4.28. The summed E-state index contributed by atoms with van der Waals surface area (Å²) in [7, 11) is -3.78. The fourth-order valence-corrected chi connectivity index (χ4v) is 6.01. The van der Waals surface area contributed by atoms with Crippen LogP contribution in [0, 0.1) is 0 Å². The molecule has 160 valence electrons. The van der Waals surface area contributed by atoms with Crippen molar-refractivity contribution in [2.75, 3.05) is 6.54 Å². The Hall–Kier alpha value is -2.09. The number of sulfonamides is 1. The number of halogens is 1. The van der Waals surface area contributed by atoms with Gasteiger partial charge in [-0.2, -0.15) is 4.31 Å². The number of ether oxygens (including phenoxy) is 1. The second-order valence-electron chi connectivity index (χ2n) is 8.39. The highest BCUT2D eigenvalue weighted by Crippen LogP contribution is 2.39. The van der Waals surface area contributed by atoms with Crippen molar-refractivity contribution in [3.8, 4) is 5.75 Å². The molecule has 0 aromatic heterocycles. The standard InChI is InChI=1S/C22H25ClN2O4S/c1-22(2)14-18(17-6-3-4-8-20(17)29-22)24-21(26)19-7-5-13-25(19)30(27,28)16-11-9-15(23)10-12-16/h3-4,6,8-12,18-19H,5,7,13-14H2,1-2H3,(H,24,26). The van der Waals surface area contributed by atoms with Gasteiger partial charge in [-0.05, 0) is 57.0 Å². The first-order valence-corrected chi connectivity index (χ1v) is 11.8. The molecule has 2 atom stereocenters. The van der Waals surface area contributed by atoms with Crippen LogP contribution in [0.5, 0.6) is 5.75 Å². The highest BCUT2D eigenvalue weighted by atomic mass is 35.5. The Morgan fingerprint density at radius 1 is 1.17 bits per heavy atom. The Kier molecular flexibility index (Phi) is 5.55. The van der Waals surface area contributed by atoms with Crippen molar-refractivity contribution in [3.63, 3.8) is 0 Å². The molecule has 0 aliphatic carbocycles. The second-order valence-corrected chi connectivity index (χ2v) is 10.7. The Morgan fingerprint density at radius 2 is 1.87 bits per heavy atom. The predicted molar refractivity (Wildman–Crippen MR) is 115 cm³/mol. The molecular formula is C22H25ClN2O4S. The van der Waals surface area contributed by atoms with Crippen LogP contribution >= 0.6 is 11.6 Å².